The topological polar surface area (TPSA) is 112 Å². The second-order valence-electron chi connectivity index (χ2n) is 1.80. The van der Waals surface area contributed by atoms with Gasteiger partial charge in [0, 0.05) is 0 Å². The molecule has 0 bridgehead atoms. The first-order chi connectivity index (χ1) is 4.45. The van der Waals surface area contributed by atoms with Gasteiger partial charge in [-0.05, 0) is 0 Å². The zero-order chi connectivity index (χ0) is 8.36. The van der Waals surface area contributed by atoms with Crippen LogP contribution in [0.1, 0.15) is 0 Å². The van der Waals surface area contributed by atoms with Gasteiger partial charge in [0.1, 0.15) is 0 Å². The molecule has 0 fully saturated rings. The lowest BCUT2D eigenvalue weighted by Crippen LogP contribution is -2.59. The summed E-state index contributed by atoms with van der Waals surface area (Å²) in [6.07, 6.45) is 0.914. The van der Waals surface area contributed by atoms with Crippen LogP contribution in [0.2, 0.25) is 0 Å². The first-order valence-electron chi connectivity index (χ1n) is 2.47. The van der Waals surface area contributed by atoms with Gasteiger partial charge in [-0.15, -0.1) is 6.58 Å². The fraction of sp³-hybridized carbons (Fsp3) is 0.200. The molecule has 0 rings (SSSR count). The third-order valence-corrected chi connectivity index (χ3v) is 1.14. The third-order valence-electron chi connectivity index (χ3n) is 1.14. The summed E-state index contributed by atoms with van der Waals surface area (Å²) < 4.78 is 0. The van der Waals surface area contributed by atoms with Crippen LogP contribution < -0.4 is 17.2 Å². The van der Waals surface area contributed by atoms with E-state index in [9.17, 15) is 9.59 Å². The first-order valence-corrected chi connectivity index (χ1v) is 2.47. The molecule has 0 aliphatic rings. The number of carbonyl (C=O) groups is 2. The summed E-state index contributed by atoms with van der Waals surface area (Å²) in [7, 11) is 0. The molecule has 2 amide bonds. The van der Waals surface area contributed by atoms with Crippen LogP contribution in [0.25, 0.3) is 0 Å². The van der Waals surface area contributed by atoms with E-state index < -0.39 is 17.4 Å². The highest BCUT2D eigenvalue weighted by Crippen LogP contribution is 1.97. The van der Waals surface area contributed by atoms with Crippen molar-refractivity contribution in [3.05, 3.63) is 12.7 Å². The molecule has 5 heteroatoms. The minimum absolute atomic E-state index is 0.914. The second kappa shape index (κ2) is 2.49. The number of amides is 2. The number of rotatable bonds is 3. The maximum absolute atomic E-state index is 10.4. The van der Waals surface area contributed by atoms with Crippen molar-refractivity contribution in [2.75, 3.05) is 0 Å². The SMILES string of the molecule is C=CC(N)(C(N)=O)C(N)=O. The van der Waals surface area contributed by atoms with Crippen LogP contribution in [0.3, 0.4) is 0 Å². The zero-order valence-corrected chi connectivity index (χ0v) is 5.33. The van der Waals surface area contributed by atoms with Gasteiger partial charge in [-0.25, -0.2) is 0 Å². The highest BCUT2D eigenvalue weighted by Gasteiger charge is 2.34. The van der Waals surface area contributed by atoms with Crippen molar-refractivity contribution in [1.82, 2.24) is 0 Å². The van der Waals surface area contributed by atoms with E-state index >= 15 is 0 Å². The van der Waals surface area contributed by atoms with Gasteiger partial charge in [0.05, 0.1) is 0 Å². The van der Waals surface area contributed by atoms with E-state index in [1.54, 1.807) is 0 Å². The van der Waals surface area contributed by atoms with E-state index in [4.69, 9.17) is 17.2 Å². The van der Waals surface area contributed by atoms with Gasteiger partial charge < -0.3 is 17.2 Å². The monoisotopic (exact) mass is 143 g/mol. The van der Waals surface area contributed by atoms with Gasteiger partial charge in [-0.1, -0.05) is 6.08 Å². The van der Waals surface area contributed by atoms with E-state index in [2.05, 4.69) is 6.58 Å². The number of primary amides is 2. The summed E-state index contributed by atoms with van der Waals surface area (Å²) in [5.74, 6) is -2.01. The van der Waals surface area contributed by atoms with Crippen LogP contribution >= 0.6 is 0 Å². The van der Waals surface area contributed by atoms with Crippen molar-refractivity contribution in [3.8, 4) is 0 Å². The van der Waals surface area contributed by atoms with Crippen molar-refractivity contribution in [2.45, 2.75) is 5.54 Å². The Labute approximate surface area is 57.9 Å². The Bertz CT molecular complexity index is 173. The Kier molecular flexibility index (Phi) is 2.15. The van der Waals surface area contributed by atoms with Crippen molar-refractivity contribution in [2.24, 2.45) is 17.2 Å². The molecular weight excluding hydrogens is 134 g/mol. The zero-order valence-electron chi connectivity index (χ0n) is 5.33. The molecule has 0 aromatic carbocycles. The van der Waals surface area contributed by atoms with Crippen molar-refractivity contribution in [1.29, 1.82) is 0 Å². The van der Waals surface area contributed by atoms with Crippen molar-refractivity contribution < 1.29 is 9.59 Å². The van der Waals surface area contributed by atoms with Crippen LogP contribution in [0, 0.1) is 0 Å². The Balaban J connectivity index is 4.72. The molecule has 0 aromatic heterocycles. The highest BCUT2D eigenvalue weighted by atomic mass is 16.2. The van der Waals surface area contributed by atoms with E-state index in [1.165, 1.54) is 0 Å². The minimum Gasteiger partial charge on any atom is -0.367 e. The highest BCUT2D eigenvalue weighted by molar-refractivity contribution is 6.10. The van der Waals surface area contributed by atoms with Crippen LogP contribution in [-0.2, 0) is 9.59 Å². The molecule has 6 N–H and O–H groups in total. The first kappa shape index (κ1) is 8.64. The Morgan fingerprint density at radius 2 is 1.60 bits per heavy atom. The average Bonchev–Trinajstić information content (AvgIpc) is 1.85. The number of carbonyl (C=O) groups excluding carboxylic acids is 2. The van der Waals surface area contributed by atoms with Gasteiger partial charge >= 0.3 is 0 Å². The molecule has 56 valence electrons. The lowest BCUT2D eigenvalue weighted by molar-refractivity contribution is -0.131. The number of hydrogen-bond donors (Lipinski definition) is 3. The fourth-order valence-electron chi connectivity index (χ4n) is 0.323. The predicted octanol–water partition coefficient (Wildman–Crippen LogP) is -2.16. The van der Waals surface area contributed by atoms with Crippen LogP contribution in [0.15, 0.2) is 12.7 Å². The molecule has 0 radical (unpaired) electrons. The summed E-state index contributed by atoms with van der Waals surface area (Å²) >= 11 is 0. The smallest absolute Gasteiger partial charge is 0.251 e. The normalized spacial score (nSPS) is 10.5. The van der Waals surface area contributed by atoms with Gasteiger partial charge in [-0.2, -0.15) is 0 Å². The summed E-state index contributed by atoms with van der Waals surface area (Å²) in [6, 6.07) is 0. The molecular formula is C5H9N3O2. The quantitative estimate of drug-likeness (QED) is 0.309. The molecule has 0 spiro atoms. The van der Waals surface area contributed by atoms with Crippen LogP contribution in [0.4, 0.5) is 0 Å². The molecule has 0 heterocycles. The lowest BCUT2D eigenvalue weighted by atomic mass is 10.0. The lowest BCUT2D eigenvalue weighted by Gasteiger charge is -2.15. The number of hydrogen-bond acceptors (Lipinski definition) is 3. The van der Waals surface area contributed by atoms with Gasteiger partial charge in [-0.3, -0.25) is 9.59 Å². The molecule has 0 saturated heterocycles. The Morgan fingerprint density at radius 1 is 1.30 bits per heavy atom. The molecule has 0 unspecified atom stereocenters. The predicted molar refractivity (Wildman–Crippen MR) is 35.5 cm³/mol. The fourth-order valence-corrected chi connectivity index (χ4v) is 0.323. The average molecular weight is 143 g/mol. The van der Waals surface area contributed by atoms with Crippen LogP contribution in [-0.4, -0.2) is 17.4 Å². The third kappa shape index (κ3) is 1.14. The van der Waals surface area contributed by atoms with E-state index in [-0.39, 0.29) is 0 Å². The molecule has 0 atom stereocenters. The summed E-state index contributed by atoms with van der Waals surface area (Å²) in [5, 5.41) is 0. The number of nitrogens with two attached hydrogens (primary N) is 3. The summed E-state index contributed by atoms with van der Waals surface area (Å²) in [6.45, 7) is 3.15. The molecule has 0 aliphatic carbocycles. The molecule has 5 nitrogen and oxygen atoms in total. The largest absolute Gasteiger partial charge is 0.367 e. The molecule has 0 aromatic rings. The van der Waals surface area contributed by atoms with Crippen LogP contribution in [0.5, 0.6) is 0 Å². The summed E-state index contributed by atoms with van der Waals surface area (Å²) in [5.41, 5.74) is 12.7. The van der Waals surface area contributed by atoms with E-state index in [0.29, 0.717) is 0 Å². The maximum Gasteiger partial charge on any atom is 0.251 e. The second-order valence-corrected chi connectivity index (χ2v) is 1.80. The van der Waals surface area contributed by atoms with Gasteiger partial charge in [0.2, 0.25) is 0 Å². The standard InChI is InChI=1S/C5H9N3O2/c1-2-5(8,3(6)9)4(7)10/h2H,1,8H2,(H2,6,9)(H2,7,10). The van der Waals surface area contributed by atoms with Crippen molar-refractivity contribution in [3.63, 3.8) is 0 Å². The Morgan fingerprint density at radius 3 is 1.60 bits per heavy atom. The van der Waals surface area contributed by atoms with Crippen molar-refractivity contribution >= 4 is 11.8 Å². The minimum atomic E-state index is -1.92. The Hall–Kier alpha value is -1.36. The summed E-state index contributed by atoms with van der Waals surface area (Å²) in [4.78, 5) is 20.8. The molecule has 0 saturated carbocycles. The maximum atomic E-state index is 10.4. The van der Waals surface area contributed by atoms with E-state index in [0.717, 1.165) is 6.08 Å². The van der Waals surface area contributed by atoms with E-state index in [1.807, 2.05) is 0 Å². The molecule has 0 aliphatic heterocycles. The van der Waals surface area contributed by atoms with Gasteiger partial charge in [0.15, 0.2) is 5.54 Å². The molecule has 10 heavy (non-hydrogen) atoms. The van der Waals surface area contributed by atoms with Gasteiger partial charge in [0.25, 0.3) is 11.8 Å².